The van der Waals surface area contributed by atoms with E-state index in [0.29, 0.717) is 24.9 Å². The third-order valence-corrected chi connectivity index (χ3v) is 7.13. The normalized spacial score (nSPS) is 24.3. The van der Waals surface area contributed by atoms with Crippen LogP contribution in [0.3, 0.4) is 0 Å². The number of ether oxygens (including phenoxy) is 1. The van der Waals surface area contributed by atoms with Crippen molar-refractivity contribution in [2.24, 2.45) is 5.41 Å². The van der Waals surface area contributed by atoms with Gasteiger partial charge >= 0.3 is 0 Å². The number of likely N-dealkylation sites (N-methyl/N-ethyl adjacent to an activating group) is 1. The lowest BCUT2D eigenvalue weighted by Gasteiger charge is -2.35. The van der Waals surface area contributed by atoms with E-state index in [1.165, 1.54) is 0 Å². The number of nitrogens with zero attached hydrogens (tertiary/aromatic N) is 3. The number of ketones is 1. The highest BCUT2D eigenvalue weighted by molar-refractivity contribution is 5.99. The van der Waals surface area contributed by atoms with Crippen molar-refractivity contribution in [1.29, 1.82) is 0 Å². The van der Waals surface area contributed by atoms with Gasteiger partial charge in [0.15, 0.2) is 5.78 Å². The smallest absolute Gasteiger partial charge is 0.251 e. The summed E-state index contributed by atoms with van der Waals surface area (Å²) in [6.07, 6.45) is 0.932. The first-order chi connectivity index (χ1) is 16.2. The maximum absolute atomic E-state index is 13.5. The van der Waals surface area contributed by atoms with Gasteiger partial charge in [-0.1, -0.05) is 27.7 Å². The number of likely N-dealkylation sites (tertiary alicyclic amines) is 1. The minimum Gasteiger partial charge on any atom is -0.369 e. The molecule has 0 saturated carbocycles. The average molecular weight is 471 g/mol. The Bertz CT molecular complexity index is 902. The monoisotopic (exact) mass is 470 g/mol. The number of piperazine rings is 1. The van der Waals surface area contributed by atoms with Gasteiger partial charge in [-0.15, -0.1) is 0 Å². The molecule has 3 aliphatic rings. The topological polar surface area (TPSA) is 82.2 Å². The molecule has 1 N–H and O–H groups in total. The molecular formula is C26H38N4O4. The van der Waals surface area contributed by atoms with E-state index in [1.54, 1.807) is 4.90 Å². The van der Waals surface area contributed by atoms with Gasteiger partial charge < -0.3 is 24.8 Å². The fourth-order valence-corrected chi connectivity index (χ4v) is 5.24. The minimum absolute atomic E-state index is 0.0490. The van der Waals surface area contributed by atoms with Crippen LogP contribution in [0.2, 0.25) is 0 Å². The van der Waals surface area contributed by atoms with Crippen LogP contribution in [0.15, 0.2) is 24.3 Å². The Kier molecular flexibility index (Phi) is 7.28. The van der Waals surface area contributed by atoms with Crippen LogP contribution in [0.4, 0.5) is 5.69 Å². The van der Waals surface area contributed by atoms with Gasteiger partial charge in [0.05, 0.1) is 6.10 Å². The Labute approximate surface area is 202 Å². The van der Waals surface area contributed by atoms with Gasteiger partial charge in [0.1, 0.15) is 18.7 Å². The molecule has 34 heavy (non-hydrogen) atoms. The lowest BCUT2D eigenvalue weighted by molar-refractivity contribution is -0.138. The van der Waals surface area contributed by atoms with Crippen molar-refractivity contribution in [1.82, 2.24) is 15.1 Å². The number of anilines is 1. The summed E-state index contributed by atoms with van der Waals surface area (Å²) in [6, 6.07) is 6.42. The van der Waals surface area contributed by atoms with Gasteiger partial charge in [0.2, 0.25) is 5.91 Å². The molecule has 3 fully saturated rings. The van der Waals surface area contributed by atoms with Gasteiger partial charge in [-0.2, -0.15) is 0 Å². The quantitative estimate of drug-likeness (QED) is 0.684. The highest BCUT2D eigenvalue weighted by Gasteiger charge is 2.48. The number of rotatable bonds is 6. The van der Waals surface area contributed by atoms with Crippen LogP contribution in [-0.4, -0.2) is 91.5 Å². The van der Waals surface area contributed by atoms with Crippen molar-refractivity contribution < 1.29 is 19.1 Å². The van der Waals surface area contributed by atoms with E-state index < -0.39 is 12.1 Å². The van der Waals surface area contributed by atoms with Crippen molar-refractivity contribution in [3.05, 3.63) is 29.8 Å². The number of carbonyl (C=O) groups excluding carboxylic acids is 3. The molecule has 8 heteroatoms. The second-order valence-corrected chi connectivity index (χ2v) is 10.8. The van der Waals surface area contributed by atoms with Crippen LogP contribution in [0.25, 0.3) is 0 Å². The predicted octanol–water partition coefficient (Wildman–Crippen LogP) is 1.93. The van der Waals surface area contributed by atoms with E-state index in [2.05, 4.69) is 22.0 Å². The predicted molar refractivity (Wildman–Crippen MR) is 131 cm³/mol. The zero-order valence-corrected chi connectivity index (χ0v) is 20.9. The van der Waals surface area contributed by atoms with Crippen LogP contribution < -0.4 is 10.2 Å². The Morgan fingerprint density at radius 3 is 2.38 bits per heavy atom. The van der Waals surface area contributed by atoms with E-state index in [9.17, 15) is 14.4 Å². The van der Waals surface area contributed by atoms with E-state index >= 15 is 0 Å². The molecule has 0 spiro atoms. The van der Waals surface area contributed by atoms with Crippen LogP contribution in [0, 0.1) is 5.41 Å². The number of carbonyl (C=O) groups is 3. The second-order valence-electron chi connectivity index (χ2n) is 10.8. The zero-order valence-electron chi connectivity index (χ0n) is 20.9. The van der Waals surface area contributed by atoms with Crippen molar-refractivity contribution in [3.8, 4) is 0 Å². The van der Waals surface area contributed by atoms with Crippen LogP contribution in [0.1, 0.15) is 50.9 Å². The highest BCUT2D eigenvalue weighted by Crippen LogP contribution is 2.30. The van der Waals surface area contributed by atoms with E-state index in [4.69, 9.17) is 4.74 Å². The fourth-order valence-electron chi connectivity index (χ4n) is 5.24. The molecule has 3 atom stereocenters. The summed E-state index contributed by atoms with van der Waals surface area (Å²) in [5, 5.41) is 2.97. The first-order valence-corrected chi connectivity index (χ1v) is 12.5. The molecule has 3 heterocycles. The molecule has 1 aromatic rings. The largest absolute Gasteiger partial charge is 0.369 e. The van der Waals surface area contributed by atoms with E-state index in [1.807, 2.05) is 45.0 Å². The van der Waals surface area contributed by atoms with Gasteiger partial charge in [0, 0.05) is 44.0 Å². The summed E-state index contributed by atoms with van der Waals surface area (Å²) in [6.45, 7) is 14.0. The Hall–Kier alpha value is -2.45. The number of nitrogens with one attached hydrogen (secondary N) is 1. The molecule has 0 aromatic heterocycles. The van der Waals surface area contributed by atoms with E-state index in [0.717, 1.165) is 38.4 Å². The Morgan fingerprint density at radius 2 is 1.76 bits per heavy atom. The van der Waals surface area contributed by atoms with Gasteiger partial charge in [0.25, 0.3) is 5.91 Å². The summed E-state index contributed by atoms with van der Waals surface area (Å²) in [5.41, 5.74) is 1.47. The molecule has 0 radical (unpaired) electrons. The molecule has 0 unspecified atom stereocenters. The molecule has 4 rings (SSSR count). The number of Topliss-reactive ketones (excluding diaryl/α,β-unsaturated/α-hetero) is 1. The van der Waals surface area contributed by atoms with E-state index in [-0.39, 0.29) is 35.7 Å². The molecule has 2 amide bonds. The van der Waals surface area contributed by atoms with Gasteiger partial charge in [-0.25, -0.2) is 0 Å². The lowest BCUT2D eigenvalue weighted by atomic mass is 9.87. The van der Waals surface area contributed by atoms with Crippen molar-refractivity contribution in [2.45, 2.75) is 58.7 Å². The van der Waals surface area contributed by atoms with Crippen molar-refractivity contribution >= 4 is 23.3 Å². The van der Waals surface area contributed by atoms with Crippen LogP contribution in [-0.2, 0) is 14.3 Å². The number of hydrogen-bond acceptors (Lipinski definition) is 6. The maximum Gasteiger partial charge on any atom is 0.251 e. The Morgan fingerprint density at radius 1 is 1.09 bits per heavy atom. The molecule has 0 aliphatic carbocycles. The summed E-state index contributed by atoms with van der Waals surface area (Å²) in [4.78, 5) is 45.3. The van der Waals surface area contributed by atoms with Crippen molar-refractivity contribution in [3.63, 3.8) is 0 Å². The highest BCUT2D eigenvalue weighted by atomic mass is 16.5. The number of fused-ring (bicyclic) bond motifs is 1. The second kappa shape index (κ2) is 10.0. The summed E-state index contributed by atoms with van der Waals surface area (Å²) in [5.74, 6) is -0.512. The minimum atomic E-state index is -0.693. The molecule has 186 valence electrons. The number of benzene rings is 1. The lowest BCUT2D eigenvalue weighted by Crippen LogP contribution is -2.53. The third kappa shape index (κ3) is 5.44. The Balaban J connectivity index is 1.43. The first kappa shape index (κ1) is 24.7. The standard InChI is InChI=1S/C26H38N4O4/c1-5-28-12-14-29(15-13-28)19-8-6-18(7-9-19)24(32)27-20(16-26(2,3)4)25(33)30-11-10-22-23(30)21(31)17-34-22/h6-9,20,22-23H,5,10-17H2,1-4H3,(H,27,32)/t20-,22+,23+/m0/s1. The number of hydrogen-bond donors (Lipinski definition) is 1. The molecule has 8 nitrogen and oxygen atoms in total. The van der Waals surface area contributed by atoms with Gasteiger partial charge in [-0.3, -0.25) is 14.4 Å². The first-order valence-electron chi connectivity index (χ1n) is 12.5. The SMILES string of the molecule is CCN1CCN(c2ccc(C(=O)N[C@@H](CC(C)(C)C)C(=O)N3CC[C@H]4OCC(=O)[C@H]43)cc2)CC1. The molecule has 0 bridgehead atoms. The van der Waals surface area contributed by atoms with Crippen LogP contribution >= 0.6 is 0 Å². The zero-order chi connectivity index (χ0) is 24.5. The molecule has 3 saturated heterocycles. The average Bonchev–Trinajstić information content (AvgIpc) is 3.40. The molecule has 3 aliphatic heterocycles. The molecular weight excluding hydrogens is 432 g/mol. The summed E-state index contributed by atoms with van der Waals surface area (Å²) >= 11 is 0. The van der Waals surface area contributed by atoms with Crippen molar-refractivity contribution in [2.75, 3.05) is 50.8 Å². The van der Waals surface area contributed by atoms with Crippen LogP contribution in [0.5, 0.6) is 0 Å². The summed E-state index contributed by atoms with van der Waals surface area (Å²) in [7, 11) is 0. The molecule has 1 aromatic carbocycles. The summed E-state index contributed by atoms with van der Waals surface area (Å²) < 4.78 is 5.54. The maximum atomic E-state index is 13.5. The number of amides is 2. The third-order valence-electron chi connectivity index (χ3n) is 7.13. The fraction of sp³-hybridized carbons (Fsp3) is 0.654. The van der Waals surface area contributed by atoms with Gasteiger partial charge in [-0.05, 0) is 49.1 Å².